The summed E-state index contributed by atoms with van der Waals surface area (Å²) in [5.74, 6) is 0.0400. The highest BCUT2D eigenvalue weighted by Crippen LogP contribution is 2.31. The largest absolute Gasteiger partial charge is 0.380 e. The maximum Gasteiger partial charge on any atom is 0.242 e. The summed E-state index contributed by atoms with van der Waals surface area (Å²) in [5.41, 5.74) is 1.82. The first kappa shape index (κ1) is 15.0. The number of rotatable bonds is 4. The first-order valence-electron chi connectivity index (χ1n) is 7.16. The lowest BCUT2D eigenvalue weighted by atomic mass is 9.77. The predicted octanol–water partition coefficient (Wildman–Crippen LogP) is 2.55. The second kappa shape index (κ2) is 6.37. The molecular weight excluding hydrogens is 252 g/mol. The Morgan fingerprint density at radius 2 is 2.20 bits per heavy atom. The molecule has 1 unspecified atom stereocenters. The minimum absolute atomic E-state index is 0.0153. The zero-order chi connectivity index (χ0) is 14.6. The highest BCUT2D eigenvalue weighted by atomic mass is 16.5. The molecule has 0 aromatic heterocycles. The van der Waals surface area contributed by atoms with Crippen LogP contribution in [0.3, 0.4) is 0 Å². The molecule has 0 bridgehead atoms. The first-order valence-corrected chi connectivity index (χ1v) is 7.16. The molecule has 2 rings (SSSR count). The Morgan fingerprint density at radius 1 is 1.45 bits per heavy atom. The van der Waals surface area contributed by atoms with E-state index in [9.17, 15) is 4.79 Å². The molecule has 4 nitrogen and oxygen atoms in total. The lowest BCUT2D eigenvalue weighted by Gasteiger charge is -2.38. The Hall–Kier alpha value is -1.39. The van der Waals surface area contributed by atoms with Crippen molar-refractivity contribution in [2.24, 2.45) is 5.41 Å². The highest BCUT2D eigenvalue weighted by molar-refractivity contribution is 5.96. The molecule has 1 aromatic carbocycles. The quantitative estimate of drug-likeness (QED) is 0.888. The van der Waals surface area contributed by atoms with Crippen LogP contribution in [0.2, 0.25) is 0 Å². The van der Waals surface area contributed by atoms with Crippen LogP contribution in [0.15, 0.2) is 24.3 Å². The Morgan fingerprint density at radius 3 is 2.90 bits per heavy atom. The summed E-state index contributed by atoms with van der Waals surface area (Å²) in [6.45, 7) is 5.69. The summed E-state index contributed by atoms with van der Waals surface area (Å²) in [7, 11) is 1.66. The molecule has 110 valence electrons. The number of para-hydroxylation sites is 1. The molecule has 1 aromatic rings. The fourth-order valence-corrected chi connectivity index (χ4v) is 2.79. The van der Waals surface area contributed by atoms with Crippen LogP contribution in [0.4, 0.5) is 5.69 Å². The Kier molecular flexibility index (Phi) is 4.78. The van der Waals surface area contributed by atoms with E-state index >= 15 is 0 Å². The van der Waals surface area contributed by atoms with Crippen molar-refractivity contribution in [2.75, 3.05) is 19.0 Å². The van der Waals surface area contributed by atoms with E-state index in [1.807, 2.05) is 24.3 Å². The molecule has 1 atom stereocenters. The van der Waals surface area contributed by atoms with Crippen LogP contribution in [0.1, 0.15) is 32.3 Å². The second-order valence-corrected chi connectivity index (χ2v) is 6.06. The second-order valence-electron chi connectivity index (χ2n) is 6.06. The van der Waals surface area contributed by atoms with Gasteiger partial charge in [0.25, 0.3) is 0 Å². The van der Waals surface area contributed by atoms with Gasteiger partial charge in [-0.25, -0.2) is 0 Å². The molecule has 1 heterocycles. The monoisotopic (exact) mass is 276 g/mol. The minimum Gasteiger partial charge on any atom is -0.380 e. The van der Waals surface area contributed by atoms with Gasteiger partial charge in [-0.15, -0.1) is 0 Å². The molecule has 0 saturated carbocycles. The van der Waals surface area contributed by atoms with Crippen molar-refractivity contribution in [1.29, 1.82) is 0 Å². The maximum absolute atomic E-state index is 12.5. The van der Waals surface area contributed by atoms with Gasteiger partial charge in [0.2, 0.25) is 5.91 Å². The van der Waals surface area contributed by atoms with Gasteiger partial charge in [-0.3, -0.25) is 4.79 Å². The molecule has 0 aliphatic carbocycles. The van der Waals surface area contributed by atoms with Crippen molar-refractivity contribution in [1.82, 2.24) is 5.32 Å². The van der Waals surface area contributed by atoms with E-state index in [2.05, 4.69) is 24.5 Å². The van der Waals surface area contributed by atoms with Crippen LogP contribution in [0, 0.1) is 5.41 Å². The summed E-state index contributed by atoms with van der Waals surface area (Å²) >= 11 is 0. The third-order valence-corrected chi connectivity index (χ3v) is 3.97. The van der Waals surface area contributed by atoms with Crippen molar-refractivity contribution in [3.63, 3.8) is 0 Å². The van der Waals surface area contributed by atoms with Gasteiger partial charge in [0.15, 0.2) is 0 Å². The van der Waals surface area contributed by atoms with Gasteiger partial charge in [-0.1, -0.05) is 32.0 Å². The summed E-state index contributed by atoms with van der Waals surface area (Å²) in [5, 5.41) is 6.38. The number of benzene rings is 1. The van der Waals surface area contributed by atoms with E-state index in [4.69, 9.17) is 4.74 Å². The minimum atomic E-state index is -0.146. The standard InChI is InChI=1S/C16H24N2O2/c1-16(2)9-6-10-17-14(16)15(19)18-13-8-5-4-7-12(13)11-20-3/h4-5,7-8,14,17H,6,9-11H2,1-3H3,(H,18,19). The number of piperidine rings is 1. The number of anilines is 1. The molecule has 0 spiro atoms. The number of carbonyl (C=O) groups excluding carboxylic acids is 1. The summed E-state index contributed by atoms with van der Waals surface area (Å²) < 4.78 is 5.17. The van der Waals surface area contributed by atoms with Crippen molar-refractivity contribution < 1.29 is 9.53 Å². The van der Waals surface area contributed by atoms with Crippen LogP contribution < -0.4 is 10.6 Å². The Bertz CT molecular complexity index is 471. The van der Waals surface area contributed by atoms with E-state index in [0.29, 0.717) is 6.61 Å². The smallest absolute Gasteiger partial charge is 0.242 e. The van der Waals surface area contributed by atoms with E-state index < -0.39 is 0 Å². The SMILES string of the molecule is COCc1ccccc1NC(=O)C1NCCCC1(C)C. The van der Waals surface area contributed by atoms with Crippen molar-refractivity contribution in [3.8, 4) is 0 Å². The predicted molar refractivity (Wildman–Crippen MR) is 80.6 cm³/mol. The molecule has 1 aliphatic heterocycles. The van der Waals surface area contributed by atoms with Gasteiger partial charge in [0.05, 0.1) is 12.6 Å². The maximum atomic E-state index is 12.5. The summed E-state index contributed by atoms with van der Waals surface area (Å²) in [4.78, 5) is 12.5. The van der Waals surface area contributed by atoms with Crippen molar-refractivity contribution in [2.45, 2.75) is 39.3 Å². The van der Waals surface area contributed by atoms with E-state index in [1.54, 1.807) is 7.11 Å². The Labute approximate surface area is 120 Å². The van der Waals surface area contributed by atoms with Gasteiger partial charge in [-0.05, 0) is 30.9 Å². The number of amides is 1. The number of ether oxygens (including phenoxy) is 1. The number of hydrogen-bond donors (Lipinski definition) is 2. The zero-order valence-corrected chi connectivity index (χ0v) is 12.5. The van der Waals surface area contributed by atoms with Crippen LogP contribution in [0.25, 0.3) is 0 Å². The van der Waals surface area contributed by atoms with Crippen LogP contribution >= 0.6 is 0 Å². The van der Waals surface area contributed by atoms with Gasteiger partial charge in [-0.2, -0.15) is 0 Å². The lowest BCUT2D eigenvalue weighted by molar-refractivity contribution is -0.121. The van der Waals surface area contributed by atoms with Gasteiger partial charge < -0.3 is 15.4 Å². The third-order valence-electron chi connectivity index (χ3n) is 3.97. The van der Waals surface area contributed by atoms with Gasteiger partial charge in [0.1, 0.15) is 0 Å². The van der Waals surface area contributed by atoms with Crippen LogP contribution in [-0.4, -0.2) is 25.6 Å². The molecule has 1 fully saturated rings. The molecule has 20 heavy (non-hydrogen) atoms. The van der Waals surface area contributed by atoms with Crippen LogP contribution in [-0.2, 0) is 16.1 Å². The highest BCUT2D eigenvalue weighted by Gasteiger charge is 2.37. The zero-order valence-electron chi connectivity index (χ0n) is 12.5. The average molecular weight is 276 g/mol. The fraction of sp³-hybridized carbons (Fsp3) is 0.562. The molecule has 2 N–H and O–H groups in total. The topological polar surface area (TPSA) is 50.4 Å². The summed E-state index contributed by atoms with van der Waals surface area (Å²) in [6.07, 6.45) is 2.19. The summed E-state index contributed by atoms with van der Waals surface area (Å²) in [6, 6.07) is 7.62. The van der Waals surface area contributed by atoms with E-state index in [0.717, 1.165) is 30.6 Å². The molecule has 1 saturated heterocycles. The number of methoxy groups -OCH3 is 1. The number of carbonyl (C=O) groups is 1. The molecule has 4 heteroatoms. The normalized spacial score (nSPS) is 21.4. The van der Waals surface area contributed by atoms with Crippen molar-refractivity contribution >= 4 is 11.6 Å². The van der Waals surface area contributed by atoms with Gasteiger partial charge >= 0.3 is 0 Å². The number of nitrogens with one attached hydrogen (secondary N) is 2. The fourth-order valence-electron chi connectivity index (χ4n) is 2.79. The first-order chi connectivity index (χ1) is 9.54. The lowest BCUT2D eigenvalue weighted by Crippen LogP contribution is -2.53. The molecule has 1 amide bonds. The van der Waals surface area contributed by atoms with Crippen molar-refractivity contribution in [3.05, 3.63) is 29.8 Å². The number of hydrogen-bond acceptors (Lipinski definition) is 3. The Balaban J connectivity index is 2.11. The third kappa shape index (κ3) is 3.38. The van der Waals surface area contributed by atoms with Crippen LogP contribution in [0.5, 0.6) is 0 Å². The molecular formula is C16H24N2O2. The molecule has 1 aliphatic rings. The van der Waals surface area contributed by atoms with Gasteiger partial charge in [0, 0.05) is 18.4 Å². The van der Waals surface area contributed by atoms with E-state index in [1.165, 1.54) is 0 Å². The average Bonchev–Trinajstić information content (AvgIpc) is 2.40. The van der Waals surface area contributed by atoms with E-state index in [-0.39, 0.29) is 17.4 Å². The molecule has 0 radical (unpaired) electrons.